The van der Waals surface area contributed by atoms with Crippen molar-refractivity contribution in [1.29, 1.82) is 0 Å². The summed E-state index contributed by atoms with van der Waals surface area (Å²) in [5.74, 6) is 0.274. The molecular formula is C12H15N3O. The van der Waals surface area contributed by atoms with Crippen LogP contribution >= 0.6 is 0 Å². The Labute approximate surface area is 94.1 Å². The van der Waals surface area contributed by atoms with Crippen LogP contribution in [0.4, 0.5) is 5.69 Å². The van der Waals surface area contributed by atoms with Gasteiger partial charge in [0.2, 0.25) is 0 Å². The minimum atomic E-state index is 0.274. The first-order valence-corrected chi connectivity index (χ1v) is 5.17. The van der Waals surface area contributed by atoms with Gasteiger partial charge in [0.05, 0.1) is 6.54 Å². The van der Waals surface area contributed by atoms with Crippen molar-refractivity contribution in [2.24, 2.45) is 5.73 Å². The Morgan fingerprint density at radius 2 is 1.75 bits per heavy atom. The molecule has 84 valence electrons. The molecular weight excluding hydrogens is 202 g/mol. The largest absolute Gasteiger partial charge is 0.508 e. The lowest BCUT2D eigenvalue weighted by Gasteiger charge is -2.04. The number of nitrogens with one attached hydrogen (secondary N) is 2. The number of anilines is 1. The van der Waals surface area contributed by atoms with Crippen molar-refractivity contribution in [2.45, 2.75) is 13.1 Å². The minimum absolute atomic E-state index is 0.274. The first kappa shape index (κ1) is 10.6. The molecule has 0 aliphatic heterocycles. The summed E-state index contributed by atoms with van der Waals surface area (Å²) in [7, 11) is 0. The summed E-state index contributed by atoms with van der Waals surface area (Å²) < 4.78 is 0. The molecule has 2 rings (SSSR count). The molecule has 0 aliphatic rings. The van der Waals surface area contributed by atoms with Crippen LogP contribution in [-0.4, -0.2) is 10.1 Å². The van der Waals surface area contributed by atoms with Crippen molar-refractivity contribution in [3.8, 4) is 5.75 Å². The van der Waals surface area contributed by atoms with E-state index in [2.05, 4.69) is 10.3 Å². The predicted molar refractivity (Wildman–Crippen MR) is 64.1 cm³/mol. The predicted octanol–water partition coefficient (Wildman–Crippen LogP) is 1.79. The second-order valence-electron chi connectivity index (χ2n) is 3.61. The van der Waals surface area contributed by atoms with Crippen LogP contribution in [0.2, 0.25) is 0 Å². The van der Waals surface area contributed by atoms with E-state index < -0.39 is 0 Å². The highest BCUT2D eigenvalue weighted by Gasteiger charge is 1.97. The molecule has 4 heteroatoms. The number of phenolic OH excluding ortho intramolecular Hbond substituents is 1. The smallest absolute Gasteiger partial charge is 0.115 e. The molecule has 5 N–H and O–H groups in total. The second-order valence-corrected chi connectivity index (χ2v) is 3.61. The SMILES string of the molecule is NCc1ccc(CNc2ccc(O)cc2)[nH]1. The van der Waals surface area contributed by atoms with E-state index in [0.29, 0.717) is 13.1 Å². The Bertz CT molecular complexity index is 448. The summed E-state index contributed by atoms with van der Waals surface area (Å²) in [5, 5.41) is 12.4. The van der Waals surface area contributed by atoms with Gasteiger partial charge in [-0.05, 0) is 36.4 Å². The van der Waals surface area contributed by atoms with Crippen LogP contribution in [0.15, 0.2) is 36.4 Å². The number of hydrogen-bond donors (Lipinski definition) is 4. The molecule has 0 aliphatic carbocycles. The van der Waals surface area contributed by atoms with Gasteiger partial charge in [-0.15, -0.1) is 0 Å². The molecule has 2 aromatic rings. The van der Waals surface area contributed by atoms with E-state index in [-0.39, 0.29) is 5.75 Å². The number of rotatable bonds is 4. The number of H-pyrrole nitrogens is 1. The summed E-state index contributed by atoms with van der Waals surface area (Å²) in [5.41, 5.74) is 8.60. The van der Waals surface area contributed by atoms with Crippen molar-refractivity contribution < 1.29 is 5.11 Å². The van der Waals surface area contributed by atoms with Gasteiger partial charge in [-0.1, -0.05) is 0 Å². The fourth-order valence-corrected chi connectivity index (χ4v) is 1.49. The monoisotopic (exact) mass is 217 g/mol. The van der Waals surface area contributed by atoms with Crippen molar-refractivity contribution in [1.82, 2.24) is 4.98 Å². The number of nitrogens with two attached hydrogens (primary N) is 1. The maximum atomic E-state index is 9.13. The van der Waals surface area contributed by atoms with E-state index in [9.17, 15) is 0 Å². The highest BCUT2D eigenvalue weighted by Crippen LogP contribution is 2.14. The topological polar surface area (TPSA) is 74.1 Å². The minimum Gasteiger partial charge on any atom is -0.508 e. The van der Waals surface area contributed by atoms with E-state index in [1.54, 1.807) is 12.1 Å². The summed E-state index contributed by atoms with van der Waals surface area (Å²) in [6.45, 7) is 1.24. The van der Waals surface area contributed by atoms with E-state index in [4.69, 9.17) is 10.8 Å². The Kier molecular flexibility index (Phi) is 3.12. The molecule has 16 heavy (non-hydrogen) atoms. The molecule has 1 aromatic carbocycles. The normalized spacial score (nSPS) is 10.3. The average Bonchev–Trinajstić information content (AvgIpc) is 2.76. The Balaban J connectivity index is 1.94. The molecule has 1 aromatic heterocycles. The van der Waals surface area contributed by atoms with E-state index in [0.717, 1.165) is 17.1 Å². The highest BCUT2D eigenvalue weighted by atomic mass is 16.3. The van der Waals surface area contributed by atoms with Gasteiger partial charge in [-0.3, -0.25) is 0 Å². The first-order chi connectivity index (χ1) is 7.78. The molecule has 0 spiro atoms. The van der Waals surface area contributed by atoms with Crippen LogP contribution in [0.1, 0.15) is 11.4 Å². The number of aromatic nitrogens is 1. The number of aromatic amines is 1. The Hall–Kier alpha value is -1.94. The maximum Gasteiger partial charge on any atom is 0.115 e. The van der Waals surface area contributed by atoms with Gasteiger partial charge in [0.25, 0.3) is 0 Å². The van der Waals surface area contributed by atoms with Gasteiger partial charge >= 0.3 is 0 Å². The zero-order chi connectivity index (χ0) is 11.4. The number of hydrogen-bond acceptors (Lipinski definition) is 3. The molecule has 0 fully saturated rings. The lowest BCUT2D eigenvalue weighted by molar-refractivity contribution is 0.475. The van der Waals surface area contributed by atoms with Crippen LogP contribution in [0.5, 0.6) is 5.75 Å². The van der Waals surface area contributed by atoms with Gasteiger partial charge in [-0.25, -0.2) is 0 Å². The van der Waals surface area contributed by atoms with Gasteiger partial charge in [0, 0.05) is 23.6 Å². The van der Waals surface area contributed by atoms with Crippen LogP contribution in [0.25, 0.3) is 0 Å². The van der Waals surface area contributed by atoms with Gasteiger partial charge < -0.3 is 21.1 Å². The van der Waals surface area contributed by atoms with Crippen molar-refractivity contribution >= 4 is 5.69 Å². The Morgan fingerprint density at radius 3 is 2.38 bits per heavy atom. The highest BCUT2D eigenvalue weighted by molar-refractivity contribution is 5.46. The maximum absolute atomic E-state index is 9.13. The quantitative estimate of drug-likeness (QED) is 0.590. The zero-order valence-corrected chi connectivity index (χ0v) is 8.90. The number of benzene rings is 1. The summed E-state index contributed by atoms with van der Waals surface area (Å²) in [6.07, 6.45) is 0. The van der Waals surface area contributed by atoms with Crippen LogP contribution in [-0.2, 0) is 13.1 Å². The van der Waals surface area contributed by atoms with Gasteiger partial charge in [0.15, 0.2) is 0 Å². The van der Waals surface area contributed by atoms with Gasteiger partial charge in [-0.2, -0.15) is 0 Å². The lowest BCUT2D eigenvalue weighted by atomic mass is 10.3. The zero-order valence-electron chi connectivity index (χ0n) is 8.90. The lowest BCUT2D eigenvalue weighted by Crippen LogP contribution is -2.01. The molecule has 0 radical (unpaired) electrons. The third-order valence-electron chi connectivity index (χ3n) is 2.38. The molecule has 4 nitrogen and oxygen atoms in total. The van der Waals surface area contributed by atoms with Crippen LogP contribution < -0.4 is 11.1 Å². The summed E-state index contributed by atoms with van der Waals surface area (Å²) >= 11 is 0. The molecule has 0 amide bonds. The van der Waals surface area contributed by atoms with Crippen LogP contribution in [0, 0.1) is 0 Å². The molecule has 0 saturated carbocycles. The third-order valence-corrected chi connectivity index (χ3v) is 2.38. The molecule has 0 saturated heterocycles. The first-order valence-electron chi connectivity index (χ1n) is 5.17. The fourth-order valence-electron chi connectivity index (χ4n) is 1.49. The third kappa shape index (κ3) is 2.55. The van der Waals surface area contributed by atoms with Gasteiger partial charge in [0.1, 0.15) is 5.75 Å². The molecule has 0 bridgehead atoms. The fraction of sp³-hybridized carbons (Fsp3) is 0.167. The average molecular weight is 217 g/mol. The molecule has 0 unspecified atom stereocenters. The summed E-state index contributed by atoms with van der Waals surface area (Å²) in [4.78, 5) is 3.21. The van der Waals surface area contributed by atoms with Crippen molar-refractivity contribution in [2.75, 3.05) is 5.32 Å². The van der Waals surface area contributed by atoms with Crippen molar-refractivity contribution in [3.05, 3.63) is 47.8 Å². The summed E-state index contributed by atoms with van der Waals surface area (Å²) in [6, 6.07) is 11.0. The number of aromatic hydroxyl groups is 1. The van der Waals surface area contributed by atoms with Crippen LogP contribution in [0.3, 0.4) is 0 Å². The molecule has 1 heterocycles. The van der Waals surface area contributed by atoms with Crippen molar-refractivity contribution in [3.63, 3.8) is 0 Å². The van der Waals surface area contributed by atoms with E-state index >= 15 is 0 Å². The molecule has 0 atom stereocenters. The Morgan fingerprint density at radius 1 is 1.06 bits per heavy atom. The second kappa shape index (κ2) is 4.72. The standard InChI is InChI=1S/C12H15N3O/c13-7-10-1-2-11(15-10)8-14-9-3-5-12(16)6-4-9/h1-6,14-16H,7-8,13H2. The van der Waals surface area contributed by atoms with E-state index in [1.165, 1.54) is 0 Å². The van der Waals surface area contributed by atoms with E-state index in [1.807, 2.05) is 24.3 Å². The number of phenols is 1.